The van der Waals surface area contributed by atoms with Crippen molar-refractivity contribution in [2.24, 2.45) is 5.92 Å². The number of benzene rings is 2. The van der Waals surface area contributed by atoms with Gasteiger partial charge in [-0.25, -0.2) is 0 Å². The van der Waals surface area contributed by atoms with Gasteiger partial charge in [-0.2, -0.15) is 0 Å². The van der Waals surface area contributed by atoms with Gasteiger partial charge in [0, 0.05) is 42.1 Å². The number of hydrogen-bond donors (Lipinski definition) is 2. The summed E-state index contributed by atoms with van der Waals surface area (Å²) in [4.78, 5) is 27.2. The van der Waals surface area contributed by atoms with Gasteiger partial charge in [-0.15, -0.1) is 0 Å². The summed E-state index contributed by atoms with van der Waals surface area (Å²) in [6.45, 7) is 6.88. The highest BCUT2D eigenvalue weighted by Gasteiger charge is 2.13. The molecule has 0 atom stereocenters. The normalized spacial score (nSPS) is 14.0. The van der Waals surface area contributed by atoms with E-state index in [1.807, 2.05) is 26.0 Å². The Balaban J connectivity index is 1.62. The van der Waals surface area contributed by atoms with Gasteiger partial charge in [0.1, 0.15) is 0 Å². The average molecular weight is 380 g/mol. The summed E-state index contributed by atoms with van der Waals surface area (Å²) in [5, 5.41) is 5.79. The largest absolute Gasteiger partial charge is 0.372 e. The molecule has 5 heteroatoms. The van der Waals surface area contributed by atoms with Crippen molar-refractivity contribution in [1.29, 1.82) is 0 Å². The van der Waals surface area contributed by atoms with Gasteiger partial charge in [-0.05, 0) is 67.6 Å². The van der Waals surface area contributed by atoms with Crippen molar-refractivity contribution in [2.45, 2.75) is 33.1 Å². The van der Waals surface area contributed by atoms with E-state index < -0.39 is 0 Å². The van der Waals surface area contributed by atoms with Crippen LogP contribution in [0.15, 0.2) is 48.5 Å². The molecule has 0 spiro atoms. The molecule has 148 valence electrons. The minimum absolute atomic E-state index is 0.158. The van der Waals surface area contributed by atoms with Crippen LogP contribution in [0.3, 0.4) is 0 Å². The van der Waals surface area contributed by atoms with Gasteiger partial charge in [-0.3, -0.25) is 9.59 Å². The number of nitrogens with one attached hydrogen (secondary N) is 2. The number of anilines is 2. The van der Waals surface area contributed by atoms with Crippen LogP contribution in [0.1, 0.15) is 53.8 Å². The summed E-state index contributed by atoms with van der Waals surface area (Å²) in [6.07, 6.45) is 3.78. The molecule has 0 saturated carbocycles. The first-order valence-corrected chi connectivity index (χ1v) is 10.1. The molecule has 28 heavy (non-hydrogen) atoms. The Morgan fingerprint density at radius 1 is 0.929 bits per heavy atom. The van der Waals surface area contributed by atoms with Crippen LogP contribution >= 0.6 is 0 Å². The van der Waals surface area contributed by atoms with E-state index in [1.54, 1.807) is 24.3 Å². The van der Waals surface area contributed by atoms with Gasteiger partial charge in [0.25, 0.3) is 11.8 Å². The number of piperidine rings is 1. The SMILES string of the molecule is CC(C)CNC(=O)c1cccc(C(=O)Nc2ccc(N3CCCCC3)cc2)c1. The van der Waals surface area contributed by atoms with E-state index in [1.165, 1.54) is 24.9 Å². The van der Waals surface area contributed by atoms with Crippen LogP contribution < -0.4 is 15.5 Å². The molecule has 2 amide bonds. The van der Waals surface area contributed by atoms with E-state index in [9.17, 15) is 9.59 Å². The Morgan fingerprint density at radius 2 is 1.57 bits per heavy atom. The molecule has 1 aliphatic rings. The molecule has 2 aromatic carbocycles. The van der Waals surface area contributed by atoms with Gasteiger partial charge in [0.15, 0.2) is 0 Å². The van der Waals surface area contributed by atoms with E-state index >= 15 is 0 Å². The minimum Gasteiger partial charge on any atom is -0.372 e. The molecular weight excluding hydrogens is 350 g/mol. The molecule has 0 aliphatic carbocycles. The summed E-state index contributed by atoms with van der Waals surface area (Å²) >= 11 is 0. The first kappa shape index (κ1) is 19.9. The highest BCUT2D eigenvalue weighted by Crippen LogP contribution is 2.22. The van der Waals surface area contributed by atoms with Crippen LogP contribution in [0.5, 0.6) is 0 Å². The van der Waals surface area contributed by atoms with Gasteiger partial charge < -0.3 is 15.5 Å². The Labute approximate surface area is 167 Å². The number of nitrogens with zero attached hydrogens (tertiary/aromatic N) is 1. The van der Waals surface area contributed by atoms with Gasteiger partial charge in [-0.1, -0.05) is 19.9 Å². The monoisotopic (exact) mass is 379 g/mol. The summed E-state index contributed by atoms with van der Waals surface area (Å²) in [5.74, 6) is 0.00167. The number of carbonyl (C=O) groups is 2. The van der Waals surface area contributed by atoms with Crippen molar-refractivity contribution in [3.63, 3.8) is 0 Å². The van der Waals surface area contributed by atoms with E-state index in [0.717, 1.165) is 18.8 Å². The maximum absolute atomic E-state index is 12.6. The van der Waals surface area contributed by atoms with Crippen LogP contribution in [-0.4, -0.2) is 31.4 Å². The lowest BCUT2D eigenvalue weighted by Gasteiger charge is -2.28. The van der Waals surface area contributed by atoms with Gasteiger partial charge >= 0.3 is 0 Å². The van der Waals surface area contributed by atoms with Crippen molar-refractivity contribution in [3.05, 3.63) is 59.7 Å². The van der Waals surface area contributed by atoms with Crippen molar-refractivity contribution >= 4 is 23.2 Å². The fourth-order valence-electron chi connectivity index (χ4n) is 3.31. The van der Waals surface area contributed by atoms with Crippen LogP contribution in [0.25, 0.3) is 0 Å². The molecule has 1 aliphatic heterocycles. The molecule has 2 N–H and O–H groups in total. The Bertz CT molecular complexity index is 809. The molecule has 0 bridgehead atoms. The molecule has 2 aromatic rings. The lowest BCUT2D eigenvalue weighted by atomic mass is 10.1. The first-order valence-electron chi connectivity index (χ1n) is 10.1. The number of rotatable bonds is 6. The van der Waals surface area contributed by atoms with Gasteiger partial charge in [0.2, 0.25) is 0 Å². The molecule has 0 aromatic heterocycles. The molecule has 1 fully saturated rings. The average Bonchev–Trinajstić information content (AvgIpc) is 2.73. The van der Waals surface area contributed by atoms with Crippen molar-refractivity contribution in [2.75, 3.05) is 29.9 Å². The zero-order valence-corrected chi connectivity index (χ0v) is 16.7. The molecular formula is C23H29N3O2. The van der Waals surface area contributed by atoms with Crippen LogP contribution in [0, 0.1) is 5.92 Å². The molecule has 1 saturated heterocycles. The quantitative estimate of drug-likeness (QED) is 0.786. The smallest absolute Gasteiger partial charge is 0.255 e. The molecule has 0 radical (unpaired) electrons. The molecule has 3 rings (SSSR count). The van der Waals surface area contributed by atoms with E-state index in [0.29, 0.717) is 23.6 Å². The van der Waals surface area contributed by atoms with E-state index in [-0.39, 0.29) is 11.8 Å². The number of carbonyl (C=O) groups excluding carboxylic acids is 2. The van der Waals surface area contributed by atoms with E-state index in [2.05, 4.69) is 27.7 Å². The predicted octanol–water partition coefficient (Wildman–Crippen LogP) is 4.32. The maximum atomic E-state index is 12.6. The summed E-state index contributed by atoms with van der Waals surface area (Å²) < 4.78 is 0. The van der Waals surface area contributed by atoms with Crippen LogP contribution in [0.4, 0.5) is 11.4 Å². The highest BCUT2D eigenvalue weighted by molar-refractivity contribution is 6.06. The summed E-state index contributed by atoms with van der Waals surface area (Å²) in [6, 6.07) is 14.8. The third-order valence-electron chi connectivity index (χ3n) is 4.90. The Hall–Kier alpha value is -2.82. The second kappa shape index (κ2) is 9.40. The minimum atomic E-state index is -0.218. The summed E-state index contributed by atoms with van der Waals surface area (Å²) in [5.41, 5.74) is 2.91. The standard InChI is InChI=1S/C23H29N3O2/c1-17(2)16-24-22(27)18-7-6-8-19(15-18)23(28)25-20-9-11-21(12-10-20)26-13-4-3-5-14-26/h6-12,15,17H,3-5,13-14,16H2,1-2H3,(H,24,27)(H,25,28). The van der Waals surface area contributed by atoms with Gasteiger partial charge in [0.05, 0.1) is 0 Å². The topological polar surface area (TPSA) is 61.4 Å². The molecule has 0 unspecified atom stereocenters. The lowest BCUT2D eigenvalue weighted by molar-refractivity contribution is 0.0949. The first-order chi connectivity index (χ1) is 13.5. The molecule has 5 nitrogen and oxygen atoms in total. The van der Waals surface area contributed by atoms with Crippen LogP contribution in [0.2, 0.25) is 0 Å². The second-order valence-corrected chi connectivity index (χ2v) is 7.73. The fourth-order valence-corrected chi connectivity index (χ4v) is 3.31. The van der Waals surface area contributed by atoms with Crippen molar-refractivity contribution in [3.8, 4) is 0 Å². The lowest BCUT2D eigenvalue weighted by Crippen LogP contribution is -2.29. The third-order valence-corrected chi connectivity index (χ3v) is 4.90. The number of amides is 2. The maximum Gasteiger partial charge on any atom is 0.255 e. The second-order valence-electron chi connectivity index (χ2n) is 7.73. The zero-order valence-electron chi connectivity index (χ0n) is 16.7. The Morgan fingerprint density at radius 3 is 2.21 bits per heavy atom. The van der Waals surface area contributed by atoms with Crippen molar-refractivity contribution < 1.29 is 9.59 Å². The zero-order chi connectivity index (χ0) is 19.9. The fraction of sp³-hybridized carbons (Fsp3) is 0.391. The number of hydrogen-bond acceptors (Lipinski definition) is 3. The third kappa shape index (κ3) is 5.35. The molecule has 1 heterocycles. The highest BCUT2D eigenvalue weighted by atomic mass is 16.2. The predicted molar refractivity (Wildman–Crippen MR) is 114 cm³/mol. The van der Waals surface area contributed by atoms with Crippen molar-refractivity contribution in [1.82, 2.24) is 5.32 Å². The van der Waals surface area contributed by atoms with Crippen LogP contribution in [-0.2, 0) is 0 Å². The summed E-state index contributed by atoms with van der Waals surface area (Å²) in [7, 11) is 0. The Kier molecular flexibility index (Phi) is 6.69. The van der Waals surface area contributed by atoms with E-state index in [4.69, 9.17) is 0 Å².